The normalized spacial score (nSPS) is 14.7. The van der Waals surface area contributed by atoms with Crippen molar-refractivity contribution in [3.05, 3.63) is 93.2 Å². The number of carbonyl (C=O) groups is 3. The first-order valence-corrected chi connectivity index (χ1v) is 11.5. The van der Waals surface area contributed by atoms with E-state index in [4.69, 9.17) is 32.7 Å². The monoisotopic (exact) mass is 528 g/mol. The van der Waals surface area contributed by atoms with Crippen LogP contribution in [0.25, 0.3) is 6.08 Å². The van der Waals surface area contributed by atoms with Gasteiger partial charge in [-0.25, -0.2) is 14.1 Å². The number of anilines is 1. The summed E-state index contributed by atoms with van der Waals surface area (Å²) in [7, 11) is 0. The molecule has 0 aromatic heterocycles. The molecular formula is C26H19Cl2FN2O5. The van der Waals surface area contributed by atoms with Crippen LogP contribution >= 0.6 is 23.2 Å². The average Bonchev–Trinajstić information content (AvgIpc) is 2.83. The van der Waals surface area contributed by atoms with Crippen LogP contribution in [-0.4, -0.2) is 24.5 Å². The fourth-order valence-electron chi connectivity index (χ4n) is 3.45. The molecule has 0 saturated carbocycles. The van der Waals surface area contributed by atoms with Crippen LogP contribution in [0.5, 0.6) is 11.5 Å². The lowest BCUT2D eigenvalue weighted by Crippen LogP contribution is -2.54. The molecule has 1 aliphatic rings. The number of benzene rings is 3. The molecule has 0 atom stereocenters. The Kier molecular flexibility index (Phi) is 7.57. The lowest BCUT2D eigenvalue weighted by Gasteiger charge is -2.26. The number of barbiturate groups is 1. The van der Waals surface area contributed by atoms with E-state index in [0.717, 1.165) is 22.6 Å². The Balaban J connectivity index is 1.61. The molecule has 0 radical (unpaired) electrons. The maximum atomic E-state index is 13.3. The third-order valence-electron chi connectivity index (χ3n) is 5.16. The van der Waals surface area contributed by atoms with Gasteiger partial charge in [-0.15, -0.1) is 0 Å². The molecule has 10 heteroatoms. The molecule has 0 aliphatic carbocycles. The van der Waals surface area contributed by atoms with Crippen LogP contribution in [0.2, 0.25) is 10.0 Å². The second-order valence-corrected chi connectivity index (χ2v) is 8.44. The summed E-state index contributed by atoms with van der Waals surface area (Å²) in [4.78, 5) is 38.6. The number of halogens is 3. The molecule has 3 aromatic carbocycles. The molecule has 1 saturated heterocycles. The van der Waals surface area contributed by atoms with Crippen molar-refractivity contribution < 1.29 is 28.2 Å². The summed E-state index contributed by atoms with van der Waals surface area (Å²) in [6.07, 6.45) is 1.34. The van der Waals surface area contributed by atoms with Crippen molar-refractivity contribution in [2.45, 2.75) is 13.5 Å². The number of hydrogen-bond donors (Lipinski definition) is 1. The van der Waals surface area contributed by atoms with Gasteiger partial charge in [0.2, 0.25) is 0 Å². The van der Waals surface area contributed by atoms with E-state index in [1.54, 1.807) is 43.3 Å². The predicted molar refractivity (Wildman–Crippen MR) is 134 cm³/mol. The van der Waals surface area contributed by atoms with E-state index >= 15 is 0 Å². The first-order chi connectivity index (χ1) is 17.3. The summed E-state index contributed by atoms with van der Waals surface area (Å²) in [5.74, 6) is -1.41. The van der Waals surface area contributed by atoms with Crippen molar-refractivity contribution in [3.63, 3.8) is 0 Å². The Morgan fingerprint density at radius 3 is 2.39 bits per heavy atom. The third-order valence-corrected chi connectivity index (χ3v) is 5.75. The number of nitrogens with zero attached hydrogens (tertiary/aromatic N) is 1. The molecule has 0 unspecified atom stereocenters. The second kappa shape index (κ2) is 10.8. The van der Waals surface area contributed by atoms with Crippen molar-refractivity contribution in [2.75, 3.05) is 11.5 Å². The van der Waals surface area contributed by atoms with Gasteiger partial charge >= 0.3 is 6.03 Å². The Hall–Kier alpha value is -3.88. The summed E-state index contributed by atoms with van der Waals surface area (Å²) in [5.41, 5.74) is 1.03. The van der Waals surface area contributed by atoms with E-state index in [9.17, 15) is 18.8 Å². The highest BCUT2D eigenvalue weighted by Crippen LogP contribution is 2.32. The molecule has 1 N–H and O–H groups in total. The number of carbonyl (C=O) groups excluding carboxylic acids is 3. The van der Waals surface area contributed by atoms with Crippen molar-refractivity contribution >= 4 is 52.8 Å². The van der Waals surface area contributed by atoms with E-state index in [0.29, 0.717) is 33.7 Å². The summed E-state index contributed by atoms with van der Waals surface area (Å²) in [6, 6.07) is 13.8. The highest BCUT2D eigenvalue weighted by molar-refractivity contribution is 6.39. The number of imide groups is 2. The topological polar surface area (TPSA) is 84.9 Å². The number of hydrogen-bond acceptors (Lipinski definition) is 5. The molecular weight excluding hydrogens is 510 g/mol. The van der Waals surface area contributed by atoms with Gasteiger partial charge in [-0.2, -0.15) is 0 Å². The molecule has 36 heavy (non-hydrogen) atoms. The van der Waals surface area contributed by atoms with Crippen LogP contribution in [-0.2, 0) is 16.2 Å². The smallest absolute Gasteiger partial charge is 0.335 e. The maximum Gasteiger partial charge on any atom is 0.335 e. The number of amides is 4. The quantitative estimate of drug-likeness (QED) is 0.310. The number of rotatable bonds is 7. The predicted octanol–water partition coefficient (Wildman–Crippen LogP) is 5.78. The van der Waals surface area contributed by atoms with Crippen molar-refractivity contribution in [1.29, 1.82) is 0 Å². The maximum absolute atomic E-state index is 13.3. The SMILES string of the molecule is CCOc1cc(/C=C2\C(=O)NC(=O)N(c3ccc(F)cc3)C2=O)ccc1OCc1ccc(Cl)cc1Cl. The number of urea groups is 1. The minimum Gasteiger partial charge on any atom is -0.490 e. The van der Waals surface area contributed by atoms with Gasteiger partial charge in [0.05, 0.1) is 12.3 Å². The van der Waals surface area contributed by atoms with E-state index in [1.165, 1.54) is 18.2 Å². The average molecular weight is 529 g/mol. The van der Waals surface area contributed by atoms with Crippen LogP contribution < -0.4 is 19.7 Å². The molecule has 1 aliphatic heterocycles. The van der Waals surface area contributed by atoms with E-state index in [2.05, 4.69) is 5.32 Å². The van der Waals surface area contributed by atoms with Crippen LogP contribution in [0.4, 0.5) is 14.9 Å². The Bertz CT molecular complexity index is 1380. The van der Waals surface area contributed by atoms with Gasteiger partial charge in [-0.1, -0.05) is 35.3 Å². The van der Waals surface area contributed by atoms with Crippen LogP contribution in [0.1, 0.15) is 18.1 Å². The van der Waals surface area contributed by atoms with Crippen molar-refractivity contribution in [1.82, 2.24) is 5.32 Å². The second-order valence-electron chi connectivity index (χ2n) is 7.60. The fourth-order valence-corrected chi connectivity index (χ4v) is 3.91. The Labute approximate surface area is 216 Å². The van der Waals surface area contributed by atoms with E-state index < -0.39 is 23.7 Å². The van der Waals surface area contributed by atoms with Crippen molar-refractivity contribution in [2.24, 2.45) is 0 Å². The zero-order chi connectivity index (χ0) is 25.8. The summed E-state index contributed by atoms with van der Waals surface area (Å²) >= 11 is 12.1. The first-order valence-electron chi connectivity index (χ1n) is 10.8. The zero-order valence-corrected chi connectivity index (χ0v) is 20.4. The van der Waals surface area contributed by atoms with Gasteiger partial charge in [0.25, 0.3) is 11.8 Å². The van der Waals surface area contributed by atoms with Crippen LogP contribution in [0.15, 0.2) is 66.2 Å². The molecule has 7 nitrogen and oxygen atoms in total. The summed E-state index contributed by atoms with van der Waals surface area (Å²) < 4.78 is 24.9. The molecule has 4 rings (SSSR count). The Morgan fingerprint density at radius 1 is 0.944 bits per heavy atom. The minimum atomic E-state index is -0.923. The zero-order valence-electron chi connectivity index (χ0n) is 18.9. The van der Waals surface area contributed by atoms with Crippen molar-refractivity contribution in [3.8, 4) is 11.5 Å². The molecule has 1 fully saturated rings. The first kappa shape index (κ1) is 25.2. The number of nitrogens with one attached hydrogen (secondary N) is 1. The van der Waals surface area contributed by atoms with Gasteiger partial charge in [0, 0.05) is 15.6 Å². The largest absolute Gasteiger partial charge is 0.490 e. The molecule has 3 aromatic rings. The van der Waals surface area contributed by atoms with Gasteiger partial charge in [-0.05, 0) is 67.1 Å². The summed E-state index contributed by atoms with van der Waals surface area (Å²) in [5, 5.41) is 3.10. The Morgan fingerprint density at radius 2 is 1.69 bits per heavy atom. The molecule has 0 bridgehead atoms. The highest BCUT2D eigenvalue weighted by atomic mass is 35.5. The fraction of sp³-hybridized carbons (Fsp3) is 0.115. The van der Waals surface area contributed by atoms with Crippen LogP contribution in [0, 0.1) is 5.82 Å². The summed E-state index contributed by atoms with van der Waals surface area (Å²) in [6.45, 7) is 2.30. The third kappa shape index (κ3) is 5.50. The standard InChI is InChI=1S/C26H19Cl2FN2O5/c1-2-35-23-12-15(3-10-22(23)36-14-16-4-5-17(27)13-21(16)28)11-20-24(32)30-26(34)31(25(20)33)19-8-6-18(29)7-9-19/h3-13H,2,14H2,1H3,(H,30,32,34)/b20-11+. The van der Waals surface area contributed by atoms with Crippen LogP contribution in [0.3, 0.4) is 0 Å². The molecule has 4 amide bonds. The van der Waals surface area contributed by atoms with Gasteiger partial charge in [-0.3, -0.25) is 14.9 Å². The van der Waals surface area contributed by atoms with Gasteiger partial charge in [0.15, 0.2) is 11.5 Å². The highest BCUT2D eigenvalue weighted by Gasteiger charge is 2.36. The molecule has 0 spiro atoms. The minimum absolute atomic E-state index is 0.122. The van der Waals surface area contributed by atoms with Gasteiger partial charge in [0.1, 0.15) is 18.0 Å². The van der Waals surface area contributed by atoms with E-state index in [1.807, 2.05) is 0 Å². The lowest BCUT2D eigenvalue weighted by atomic mass is 10.1. The number of ether oxygens (including phenoxy) is 2. The lowest BCUT2D eigenvalue weighted by molar-refractivity contribution is -0.122. The van der Waals surface area contributed by atoms with E-state index in [-0.39, 0.29) is 17.9 Å². The molecule has 184 valence electrons. The molecule has 1 heterocycles. The van der Waals surface area contributed by atoms with Gasteiger partial charge < -0.3 is 9.47 Å².